The number of ether oxygens (including phenoxy) is 1. The van der Waals surface area contributed by atoms with Crippen LogP contribution in [0.1, 0.15) is 37.2 Å². The van der Waals surface area contributed by atoms with Gasteiger partial charge in [-0.05, 0) is 37.2 Å². The number of carbonyl (C=O) groups is 3. The monoisotopic (exact) mass is 475 g/mol. The normalized spacial score (nSPS) is 37.5. The summed E-state index contributed by atoms with van der Waals surface area (Å²) in [7, 11) is 0. The number of alkyl halides is 1. The molecule has 9 heteroatoms. The molecule has 8 atom stereocenters. The van der Waals surface area contributed by atoms with Crippen molar-refractivity contribution in [2.75, 3.05) is 5.75 Å². The predicted molar refractivity (Wildman–Crippen MR) is 119 cm³/mol. The number of aliphatic carboxylic acids is 2. The fraction of sp³-hybridized carbons (Fsp3) is 0.542. The molecule has 0 aromatic heterocycles. The Balaban J connectivity index is 1.51. The van der Waals surface area contributed by atoms with Gasteiger partial charge in [0.1, 0.15) is 11.7 Å². The second-order valence-corrected chi connectivity index (χ2v) is 10.5. The van der Waals surface area contributed by atoms with Crippen LogP contribution in [0.2, 0.25) is 0 Å². The molecule has 3 fully saturated rings. The maximum Gasteiger partial charge on any atom is 0.340 e. The van der Waals surface area contributed by atoms with E-state index in [9.17, 15) is 19.5 Å². The first kappa shape index (κ1) is 22.4. The first-order valence-electron chi connectivity index (χ1n) is 11.3. The van der Waals surface area contributed by atoms with Crippen molar-refractivity contribution in [1.29, 1.82) is 0 Å². The standard InChI is InChI=1S/C24H26FNO6S/c25-16-9-14-20-22(23(16)33-11-19(27)28)32-18-7-6-13(12-4-2-1-3-5-12)8-17(18)26(20)10-15(21(14)29)24(30)31/h1-5,10,13-14,16-18,20,22-23H,6-9,11H2,(H,27,28)(H,30,31). The van der Waals surface area contributed by atoms with Gasteiger partial charge in [-0.1, -0.05) is 30.3 Å². The zero-order valence-corrected chi connectivity index (χ0v) is 18.7. The zero-order chi connectivity index (χ0) is 23.3. The van der Waals surface area contributed by atoms with Crippen LogP contribution in [0.3, 0.4) is 0 Å². The number of benzene rings is 1. The summed E-state index contributed by atoms with van der Waals surface area (Å²) in [6.45, 7) is 0. The third-order valence-electron chi connectivity index (χ3n) is 7.50. The fourth-order valence-electron chi connectivity index (χ4n) is 6.11. The van der Waals surface area contributed by atoms with Crippen molar-refractivity contribution in [3.05, 3.63) is 47.7 Å². The molecule has 1 aromatic rings. The third-order valence-corrected chi connectivity index (χ3v) is 8.87. The summed E-state index contributed by atoms with van der Waals surface area (Å²) in [4.78, 5) is 38.0. The van der Waals surface area contributed by atoms with Crippen molar-refractivity contribution in [3.8, 4) is 0 Å². The van der Waals surface area contributed by atoms with Crippen molar-refractivity contribution >= 4 is 29.5 Å². The van der Waals surface area contributed by atoms with Crippen molar-refractivity contribution in [2.24, 2.45) is 5.92 Å². The fourth-order valence-corrected chi connectivity index (χ4v) is 7.18. The van der Waals surface area contributed by atoms with Gasteiger partial charge >= 0.3 is 11.9 Å². The number of halogens is 1. The molecule has 2 heterocycles. The Hall–Kier alpha value is -2.39. The van der Waals surface area contributed by atoms with Crippen LogP contribution in [0, 0.1) is 5.92 Å². The highest BCUT2D eigenvalue weighted by Crippen LogP contribution is 2.49. The molecule has 2 saturated carbocycles. The molecular weight excluding hydrogens is 449 g/mol. The molecule has 0 radical (unpaired) electrons. The van der Waals surface area contributed by atoms with E-state index in [0.29, 0.717) is 0 Å². The van der Waals surface area contributed by atoms with Gasteiger partial charge < -0.3 is 19.8 Å². The van der Waals surface area contributed by atoms with E-state index in [0.717, 1.165) is 31.0 Å². The number of hydrogen-bond donors (Lipinski definition) is 2. The van der Waals surface area contributed by atoms with Crippen LogP contribution < -0.4 is 0 Å². The largest absolute Gasteiger partial charge is 0.481 e. The van der Waals surface area contributed by atoms with Crippen LogP contribution >= 0.6 is 11.8 Å². The minimum absolute atomic E-state index is 0.124. The quantitative estimate of drug-likeness (QED) is 0.627. The van der Waals surface area contributed by atoms with Crippen molar-refractivity contribution < 1.29 is 33.7 Å². The minimum atomic E-state index is -1.45. The Bertz CT molecular complexity index is 986. The summed E-state index contributed by atoms with van der Waals surface area (Å²) in [5, 5.41) is 18.1. The first-order chi connectivity index (χ1) is 15.8. The number of fused-ring (bicyclic) bond motifs is 2. The molecule has 7 nitrogen and oxygen atoms in total. The van der Waals surface area contributed by atoms with Crippen molar-refractivity contribution in [3.63, 3.8) is 0 Å². The van der Waals surface area contributed by atoms with Crippen LogP contribution in [0.4, 0.5) is 4.39 Å². The SMILES string of the molecule is O=C(O)CSC1C(F)CC2C(=O)C(C(=O)O)=CN3C4CC(c5ccccc5)CCC4OC1C23. The van der Waals surface area contributed by atoms with Gasteiger partial charge in [0.15, 0.2) is 5.78 Å². The molecular formula is C24H26FNO6S. The second kappa shape index (κ2) is 8.76. The van der Waals surface area contributed by atoms with Crippen LogP contribution in [-0.2, 0) is 19.1 Å². The second-order valence-electron chi connectivity index (χ2n) is 9.30. The molecule has 0 spiro atoms. The lowest BCUT2D eigenvalue weighted by molar-refractivity contribution is -0.187. The van der Waals surface area contributed by atoms with Crippen molar-refractivity contribution in [2.45, 2.75) is 67.3 Å². The summed E-state index contributed by atoms with van der Waals surface area (Å²) >= 11 is 1.01. The lowest BCUT2D eigenvalue weighted by atomic mass is 9.70. The van der Waals surface area contributed by atoms with Crippen LogP contribution in [0.15, 0.2) is 42.1 Å². The molecule has 2 aliphatic heterocycles. The van der Waals surface area contributed by atoms with Gasteiger partial charge in [-0.25, -0.2) is 9.18 Å². The molecule has 0 amide bonds. The van der Waals surface area contributed by atoms with Crippen LogP contribution in [0.25, 0.3) is 0 Å². The van der Waals surface area contributed by atoms with Gasteiger partial charge in [0.2, 0.25) is 0 Å². The molecule has 1 saturated heterocycles. The molecule has 1 aromatic carbocycles. The summed E-state index contributed by atoms with van der Waals surface area (Å²) in [5.41, 5.74) is 0.911. The molecule has 2 N–H and O–H groups in total. The number of carboxylic acids is 2. The summed E-state index contributed by atoms with van der Waals surface area (Å²) in [6, 6.07) is 9.53. The number of Topliss-reactive ketones (excluding diaryl/α,β-unsaturated/α-hetero) is 1. The van der Waals surface area contributed by atoms with Gasteiger partial charge in [-0.2, -0.15) is 0 Å². The van der Waals surface area contributed by atoms with Crippen LogP contribution in [-0.4, -0.2) is 74.3 Å². The average molecular weight is 476 g/mol. The minimum Gasteiger partial charge on any atom is -0.481 e. The van der Waals surface area contributed by atoms with Crippen LogP contribution in [0.5, 0.6) is 0 Å². The van der Waals surface area contributed by atoms with Gasteiger partial charge in [-0.3, -0.25) is 9.59 Å². The van der Waals surface area contributed by atoms with E-state index in [1.54, 1.807) is 0 Å². The summed E-state index contributed by atoms with van der Waals surface area (Å²) in [5.74, 6) is -3.69. The molecule has 2 aliphatic carbocycles. The maximum absolute atomic E-state index is 15.2. The highest BCUT2D eigenvalue weighted by atomic mass is 32.2. The molecule has 8 unspecified atom stereocenters. The number of ketones is 1. The molecule has 0 bridgehead atoms. The van der Waals surface area contributed by atoms with E-state index >= 15 is 4.39 Å². The molecule has 4 aliphatic rings. The van der Waals surface area contributed by atoms with Gasteiger partial charge in [0.25, 0.3) is 0 Å². The van der Waals surface area contributed by atoms with E-state index in [1.165, 1.54) is 11.8 Å². The average Bonchev–Trinajstić information content (AvgIpc) is 2.80. The van der Waals surface area contributed by atoms with Gasteiger partial charge in [0.05, 0.1) is 35.3 Å². The zero-order valence-electron chi connectivity index (χ0n) is 17.9. The smallest absolute Gasteiger partial charge is 0.340 e. The number of hydrogen-bond acceptors (Lipinski definition) is 6. The lowest BCUT2D eigenvalue weighted by Gasteiger charge is -2.59. The summed E-state index contributed by atoms with van der Waals surface area (Å²) in [6.07, 6.45) is 1.33. The Kier molecular flexibility index (Phi) is 5.95. The topological polar surface area (TPSA) is 104 Å². The molecule has 5 rings (SSSR count). The van der Waals surface area contributed by atoms with Crippen molar-refractivity contribution in [1.82, 2.24) is 4.90 Å². The van der Waals surface area contributed by atoms with E-state index in [1.807, 2.05) is 23.1 Å². The predicted octanol–water partition coefficient (Wildman–Crippen LogP) is 2.86. The Labute approximate surface area is 195 Å². The van der Waals surface area contributed by atoms with Gasteiger partial charge in [-0.15, -0.1) is 11.8 Å². The number of morpholine rings is 1. The molecule has 176 valence electrons. The number of thioether (sulfide) groups is 1. The number of nitrogens with zero attached hydrogens (tertiary/aromatic N) is 1. The van der Waals surface area contributed by atoms with E-state index in [-0.39, 0.29) is 35.8 Å². The lowest BCUT2D eigenvalue weighted by Crippen LogP contribution is -2.70. The maximum atomic E-state index is 15.2. The highest BCUT2D eigenvalue weighted by Gasteiger charge is 2.59. The Morgan fingerprint density at radius 3 is 2.61 bits per heavy atom. The Morgan fingerprint density at radius 1 is 1.15 bits per heavy atom. The molecule has 33 heavy (non-hydrogen) atoms. The Morgan fingerprint density at radius 2 is 1.91 bits per heavy atom. The van der Waals surface area contributed by atoms with E-state index < -0.39 is 47.2 Å². The van der Waals surface area contributed by atoms with Gasteiger partial charge in [0, 0.05) is 12.1 Å². The number of carbonyl (C=O) groups excluding carboxylic acids is 1. The number of rotatable bonds is 5. The number of carboxylic acid groups (broad SMARTS) is 2. The van der Waals surface area contributed by atoms with E-state index in [2.05, 4.69) is 12.1 Å². The highest BCUT2D eigenvalue weighted by molar-refractivity contribution is 8.00. The summed E-state index contributed by atoms with van der Waals surface area (Å²) < 4.78 is 21.7. The van der Waals surface area contributed by atoms with E-state index in [4.69, 9.17) is 9.84 Å². The third kappa shape index (κ3) is 3.95. The first-order valence-corrected chi connectivity index (χ1v) is 12.3.